The minimum atomic E-state index is -0.620. The molecule has 0 fully saturated rings. The van der Waals surface area contributed by atoms with Gasteiger partial charge in [-0.3, -0.25) is 9.36 Å². The first kappa shape index (κ1) is 20.6. The van der Waals surface area contributed by atoms with E-state index in [0.29, 0.717) is 30.6 Å². The van der Waals surface area contributed by atoms with Gasteiger partial charge in [0.05, 0.1) is 39.0 Å². The summed E-state index contributed by atoms with van der Waals surface area (Å²) in [6.07, 6.45) is 1.74. The first-order chi connectivity index (χ1) is 14.4. The van der Waals surface area contributed by atoms with Crippen LogP contribution in [0.25, 0.3) is 6.08 Å². The Kier molecular flexibility index (Phi) is 5.64. The fourth-order valence-corrected chi connectivity index (χ4v) is 4.75. The van der Waals surface area contributed by atoms with E-state index in [2.05, 4.69) is 4.99 Å². The lowest BCUT2D eigenvalue weighted by molar-refractivity contribution is -0.136. The van der Waals surface area contributed by atoms with Gasteiger partial charge in [0.15, 0.2) is 4.80 Å². The molecule has 0 spiro atoms. The number of methoxy groups -OCH3 is 1. The van der Waals surface area contributed by atoms with Crippen molar-refractivity contribution in [3.05, 3.63) is 101 Å². The average Bonchev–Trinajstić information content (AvgIpc) is 3.04. The number of fused-ring (bicyclic) bond motifs is 1. The molecule has 5 nitrogen and oxygen atoms in total. The fraction of sp³-hybridized carbons (Fsp3) is 0.136. The molecule has 0 amide bonds. The molecule has 152 valence electrons. The number of halogens is 2. The zero-order valence-electron chi connectivity index (χ0n) is 16.1. The second kappa shape index (κ2) is 8.22. The molecule has 0 radical (unpaired) electrons. The Labute approximate surface area is 186 Å². The van der Waals surface area contributed by atoms with Crippen molar-refractivity contribution in [1.82, 2.24) is 4.57 Å². The third kappa shape index (κ3) is 3.62. The smallest absolute Gasteiger partial charge is 0.338 e. The number of nitrogens with zero attached hydrogens (tertiary/aromatic N) is 2. The molecule has 0 aliphatic carbocycles. The molecule has 1 aliphatic rings. The van der Waals surface area contributed by atoms with E-state index in [0.717, 1.165) is 11.1 Å². The van der Waals surface area contributed by atoms with Crippen LogP contribution in [0.3, 0.4) is 0 Å². The Balaban J connectivity index is 1.97. The molecule has 0 bridgehead atoms. The van der Waals surface area contributed by atoms with Crippen molar-refractivity contribution in [3.8, 4) is 0 Å². The number of rotatable bonds is 3. The molecule has 4 rings (SSSR count). The Bertz CT molecular complexity index is 1360. The zero-order chi connectivity index (χ0) is 21.4. The van der Waals surface area contributed by atoms with E-state index in [9.17, 15) is 9.59 Å². The number of carbonyl (C=O) groups is 1. The highest BCUT2D eigenvalue weighted by Gasteiger charge is 2.32. The van der Waals surface area contributed by atoms with E-state index in [4.69, 9.17) is 27.9 Å². The van der Waals surface area contributed by atoms with Crippen molar-refractivity contribution in [3.63, 3.8) is 0 Å². The molecular weight excluding hydrogens is 443 g/mol. The van der Waals surface area contributed by atoms with Crippen LogP contribution in [-0.4, -0.2) is 17.6 Å². The van der Waals surface area contributed by atoms with Crippen LogP contribution in [0.15, 0.2) is 69.6 Å². The number of ether oxygens (including phenoxy) is 1. The molecule has 2 aromatic carbocycles. The molecule has 2 heterocycles. The van der Waals surface area contributed by atoms with Crippen LogP contribution in [0.2, 0.25) is 10.0 Å². The summed E-state index contributed by atoms with van der Waals surface area (Å²) in [6, 6.07) is 13.9. The molecule has 1 aromatic heterocycles. The van der Waals surface area contributed by atoms with E-state index < -0.39 is 12.0 Å². The van der Waals surface area contributed by atoms with Crippen molar-refractivity contribution in [2.45, 2.75) is 13.0 Å². The second-order valence-corrected chi connectivity index (χ2v) is 8.48. The molecule has 30 heavy (non-hydrogen) atoms. The third-order valence-corrected chi connectivity index (χ3v) is 6.51. The molecular formula is C22H16Cl2N2O3S. The third-order valence-electron chi connectivity index (χ3n) is 4.78. The number of carbonyl (C=O) groups excluding carboxylic acids is 1. The van der Waals surface area contributed by atoms with E-state index in [1.54, 1.807) is 35.8 Å². The predicted molar refractivity (Wildman–Crippen MR) is 119 cm³/mol. The number of thiazole rings is 1. The van der Waals surface area contributed by atoms with Crippen LogP contribution in [-0.2, 0) is 9.53 Å². The Morgan fingerprint density at radius 3 is 2.57 bits per heavy atom. The van der Waals surface area contributed by atoms with Crippen LogP contribution < -0.4 is 14.9 Å². The van der Waals surface area contributed by atoms with Crippen molar-refractivity contribution in [1.29, 1.82) is 0 Å². The van der Waals surface area contributed by atoms with Crippen LogP contribution in [0, 0.1) is 0 Å². The van der Waals surface area contributed by atoms with Crippen LogP contribution in [0.1, 0.15) is 24.1 Å². The highest BCUT2D eigenvalue weighted by Crippen LogP contribution is 2.30. The highest BCUT2D eigenvalue weighted by atomic mass is 35.5. The summed E-state index contributed by atoms with van der Waals surface area (Å²) >= 11 is 13.3. The van der Waals surface area contributed by atoms with E-state index in [1.165, 1.54) is 18.4 Å². The summed E-state index contributed by atoms with van der Waals surface area (Å²) in [6.45, 7) is 1.75. The Hall–Kier alpha value is -2.67. The lowest BCUT2D eigenvalue weighted by Crippen LogP contribution is -2.39. The average molecular weight is 459 g/mol. The van der Waals surface area contributed by atoms with Gasteiger partial charge in [-0.15, -0.1) is 0 Å². The quantitative estimate of drug-likeness (QED) is 0.561. The van der Waals surface area contributed by atoms with E-state index in [1.807, 2.05) is 30.3 Å². The molecule has 0 saturated carbocycles. The van der Waals surface area contributed by atoms with Crippen molar-refractivity contribution in [2.24, 2.45) is 4.99 Å². The van der Waals surface area contributed by atoms with Crippen molar-refractivity contribution < 1.29 is 9.53 Å². The summed E-state index contributed by atoms with van der Waals surface area (Å²) in [5, 5.41) is 0.849. The first-order valence-corrected chi connectivity index (χ1v) is 10.6. The van der Waals surface area contributed by atoms with Gasteiger partial charge in [-0.1, -0.05) is 70.9 Å². The molecule has 3 aromatic rings. The number of aromatic nitrogens is 1. The molecule has 0 unspecified atom stereocenters. The normalized spacial score (nSPS) is 16.3. The zero-order valence-corrected chi connectivity index (χ0v) is 18.4. The largest absolute Gasteiger partial charge is 0.466 e. The molecule has 1 atom stereocenters. The van der Waals surface area contributed by atoms with Gasteiger partial charge in [0.1, 0.15) is 0 Å². The maximum atomic E-state index is 13.4. The van der Waals surface area contributed by atoms with Gasteiger partial charge in [-0.25, -0.2) is 9.79 Å². The lowest BCUT2D eigenvalue weighted by atomic mass is 9.96. The maximum absolute atomic E-state index is 13.4. The van der Waals surface area contributed by atoms with E-state index in [-0.39, 0.29) is 5.56 Å². The number of benzene rings is 2. The molecule has 0 N–H and O–H groups in total. The monoisotopic (exact) mass is 458 g/mol. The maximum Gasteiger partial charge on any atom is 0.338 e. The van der Waals surface area contributed by atoms with Crippen molar-refractivity contribution in [2.75, 3.05) is 7.11 Å². The number of hydrogen-bond donors (Lipinski definition) is 0. The summed E-state index contributed by atoms with van der Waals surface area (Å²) in [5.41, 5.74) is 2.17. The number of hydrogen-bond acceptors (Lipinski definition) is 5. The van der Waals surface area contributed by atoms with Gasteiger partial charge >= 0.3 is 5.97 Å². The van der Waals surface area contributed by atoms with Crippen LogP contribution >= 0.6 is 34.5 Å². The molecule has 1 aliphatic heterocycles. The minimum absolute atomic E-state index is 0.243. The summed E-state index contributed by atoms with van der Waals surface area (Å²) in [5.74, 6) is -0.510. The summed E-state index contributed by atoms with van der Waals surface area (Å²) < 4.78 is 7.01. The standard InChI is InChI=1S/C22H16Cl2N2O3S/c1-12-18(21(28)29-2)19(14-6-4-3-5-7-14)26-20(27)17(30-22(26)25-12)11-13-8-9-15(23)16(24)10-13/h3-11,19H,1-2H3/b17-11-/t19-/m1/s1. The van der Waals surface area contributed by atoms with Crippen LogP contribution in [0.4, 0.5) is 0 Å². The van der Waals surface area contributed by atoms with Crippen molar-refractivity contribution >= 4 is 46.6 Å². The van der Waals surface area contributed by atoms with E-state index >= 15 is 0 Å². The SMILES string of the molecule is COC(=O)C1=C(C)N=c2s/c(=C\c3ccc(Cl)c(Cl)c3)c(=O)n2[C@@H]1c1ccccc1. The van der Waals surface area contributed by atoms with Gasteiger partial charge in [0.25, 0.3) is 5.56 Å². The Morgan fingerprint density at radius 1 is 1.17 bits per heavy atom. The minimum Gasteiger partial charge on any atom is -0.466 e. The summed E-state index contributed by atoms with van der Waals surface area (Å²) in [7, 11) is 1.32. The Morgan fingerprint density at radius 2 is 1.90 bits per heavy atom. The van der Waals surface area contributed by atoms with Gasteiger partial charge in [-0.2, -0.15) is 0 Å². The van der Waals surface area contributed by atoms with Gasteiger partial charge in [0, 0.05) is 0 Å². The van der Waals surface area contributed by atoms with Gasteiger partial charge in [0.2, 0.25) is 0 Å². The topological polar surface area (TPSA) is 60.7 Å². The van der Waals surface area contributed by atoms with Crippen LogP contribution in [0.5, 0.6) is 0 Å². The lowest BCUT2D eigenvalue weighted by Gasteiger charge is -2.24. The second-order valence-electron chi connectivity index (χ2n) is 6.66. The highest BCUT2D eigenvalue weighted by molar-refractivity contribution is 7.07. The first-order valence-electron chi connectivity index (χ1n) is 9.01. The fourth-order valence-electron chi connectivity index (χ4n) is 3.40. The van der Waals surface area contributed by atoms with Gasteiger partial charge < -0.3 is 4.74 Å². The number of allylic oxidation sites excluding steroid dienone is 1. The molecule has 0 saturated heterocycles. The predicted octanol–water partition coefficient (Wildman–Crippen LogP) is 3.72. The summed E-state index contributed by atoms with van der Waals surface area (Å²) in [4.78, 5) is 31.0. The molecule has 8 heteroatoms. The van der Waals surface area contributed by atoms with Gasteiger partial charge in [-0.05, 0) is 36.3 Å². The number of esters is 1.